The van der Waals surface area contributed by atoms with E-state index < -0.39 is 11.2 Å². The predicted octanol–water partition coefficient (Wildman–Crippen LogP) is 2.95. The minimum absolute atomic E-state index is 0.0848. The zero-order valence-electron chi connectivity index (χ0n) is 15.5. The van der Waals surface area contributed by atoms with Crippen LogP contribution >= 0.6 is 11.8 Å². The number of fused-ring (bicyclic) bond motifs is 1. The molecular weight excluding hydrogens is 376 g/mol. The highest BCUT2D eigenvalue weighted by Crippen LogP contribution is 2.36. The third kappa shape index (κ3) is 5.36. The van der Waals surface area contributed by atoms with E-state index in [-0.39, 0.29) is 30.8 Å². The van der Waals surface area contributed by atoms with Crippen LogP contribution in [0.5, 0.6) is 0 Å². The van der Waals surface area contributed by atoms with Crippen molar-refractivity contribution >= 4 is 35.2 Å². The molecule has 2 atom stereocenters. The number of hydrogen-bond acceptors (Lipinski definition) is 5. The fraction of sp³-hybridized carbons (Fsp3) is 0.286. The van der Waals surface area contributed by atoms with Crippen molar-refractivity contribution in [3.8, 4) is 0 Å². The van der Waals surface area contributed by atoms with Gasteiger partial charge in [0.05, 0.1) is 17.4 Å². The maximum absolute atomic E-state index is 12.1. The lowest BCUT2D eigenvalue weighted by atomic mass is 10.0. The summed E-state index contributed by atoms with van der Waals surface area (Å²) in [4.78, 5) is 37.0. The molecule has 0 fully saturated rings. The third-order valence-corrected chi connectivity index (χ3v) is 5.67. The van der Waals surface area contributed by atoms with Crippen LogP contribution in [0.2, 0.25) is 0 Å². The van der Waals surface area contributed by atoms with Gasteiger partial charge in [-0.1, -0.05) is 49.4 Å². The average Bonchev–Trinajstić information content (AvgIpc) is 2.71. The molecule has 2 aromatic rings. The summed E-state index contributed by atoms with van der Waals surface area (Å²) in [7, 11) is 0. The van der Waals surface area contributed by atoms with Gasteiger partial charge in [0.1, 0.15) is 0 Å². The largest absolute Gasteiger partial charge is 0.456 e. The molecule has 2 amide bonds. The van der Waals surface area contributed by atoms with Gasteiger partial charge in [-0.3, -0.25) is 14.4 Å². The Kier molecular flexibility index (Phi) is 6.71. The zero-order chi connectivity index (χ0) is 19.9. The summed E-state index contributed by atoms with van der Waals surface area (Å²) in [5.74, 6) is -1.01. The van der Waals surface area contributed by atoms with Gasteiger partial charge in [-0.15, -0.1) is 11.8 Å². The predicted molar refractivity (Wildman–Crippen MR) is 108 cm³/mol. The first kappa shape index (κ1) is 19.9. The van der Waals surface area contributed by atoms with Crippen molar-refractivity contribution < 1.29 is 19.1 Å². The Morgan fingerprint density at radius 2 is 1.86 bits per heavy atom. The number of amides is 2. The van der Waals surface area contributed by atoms with Crippen molar-refractivity contribution in [1.82, 2.24) is 5.32 Å². The van der Waals surface area contributed by atoms with E-state index in [1.165, 1.54) is 11.8 Å². The Morgan fingerprint density at radius 1 is 1.14 bits per heavy atom. The van der Waals surface area contributed by atoms with Crippen molar-refractivity contribution in [3.63, 3.8) is 0 Å². The molecule has 146 valence electrons. The number of ether oxygens (including phenoxy) is 1. The lowest BCUT2D eigenvalue weighted by Gasteiger charge is -2.23. The molecule has 0 aromatic heterocycles. The van der Waals surface area contributed by atoms with Gasteiger partial charge in [-0.25, -0.2) is 0 Å². The molecule has 0 unspecified atom stereocenters. The van der Waals surface area contributed by atoms with Gasteiger partial charge in [0.25, 0.3) is 5.91 Å². The topological polar surface area (TPSA) is 84.5 Å². The van der Waals surface area contributed by atoms with Gasteiger partial charge in [0.2, 0.25) is 5.91 Å². The molecular formula is C21H22N2O4S. The minimum Gasteiger partial charge on any atom is -0.456 e. The van der Waals surface area contributed by atoms with Crippen molar-refractivity contribution in [2.45, 2.75) is 29.4 Å². The van der Waals surface area contributed by atoms with Crippen LogP contribution in [0.15, 0.2) is 59.5 Å². The SMILES string of the molecule is C[C@@H](CNC(=O)COC(=O)C[C@@H]1Sc2ccccc2NC1=O)c1ccccc1. The van der Waals surface area contributed by atoms with Crippen LogP contribution in [0.25, 0.3) is 0 Å². The van der Waals surface area contributed by atoms with Crippen LogP contribution in [-0.2, 0) is 19.1 Å². The van der Waals surface area contributed by atoms with Gasteiger partial charge >= 0.3 is 5.97 Å². The first-order valence-corrected chi connectivity index (χ1v) is 9.94. The number of carbonyl (C=O) groups is 3. The molecule has 7 heteroatoms. The molecule has 0 saturated heterocycles. The molecule has 0 bridgehead atoms. The normalized spacial score (nSPS) is 16.5. The van der Waals surface area contributed by atoms with Crippen molar-refractivity contribution in [1.29, 1.82) is 0 Å². The number of hydrogen-bond donors (Lipinski definition) is 2. The second kappa shape index (κ2) is 9.41. The van der Waals surface area contributed by atoms with Gasteiger partial charge in [0.15, 0.2) is 6.61 Å². The number of esters is 1. The molecule has 28 heavy (non-hydrogen) atoms. The van der Waals surface area contributed by atoms with Gasteiger partial charge < -0.3 is 15.4 Å². The number of rotatable bonds is 7. The quantitative estimate of drug-likeness (QED) is 0.701. The standard InChI is InChI=1S/C21H22N2O4S/c1-14(15-7-3-2-4-8-15)12-22-19(24)13-27-20(25)11-18-21(26)23-16-9-5-6-10-17(16)28-18/h2-10,14,18H,11-13H2,1H3,(H,22,24)(H,23,26)/t14-,18-/m0/s1. The first-order chi connectivity index (χ1) is 13.5. The van der Waals surface area contributed by atoms with E-state index in [1.54, 1.807) is 0 Å². The number of anilines is 1. The summed E-state index contributed by atoms with van der Waals surface area (Å²) in [5.41, 5.74) is 1.87. The second-order valence-corrected chi connectivity index (χ2v) is 7.82. The Balaban J connectivity index is 1.40. The van der Waals surface area contributed by atoms with Crippen LogP contribution in [0.4, 0.5) is 5.69 Å². The number of para-hydroxylation sites is 1. The van der Waals surface area contributed by atoms with Gasteiger partial charge in [-0.2, -0.15) is 0 Å². The molecule has 6 nitrogen and oxygen atoms in total. The average molecular weight is 398 g/mol. The van der Waals surface area contributed by atoms with E-state index in [1.807, 2.05) is 61.5 Å². The maximum atomic E-state index is 12.1. The van der Waals surface area contributed by atoms with Crippen LogP contribution < -0.4 is 10.6 Å². The summed E-state index contributed by atoms with van der Waals surface area (Å²) in [5, 5.41) is 4.98. The Labute approximate surface area is 168 Å². The van der Waals surface area contributed by atoms with Gasteiger partial charge in [-0.05, 0) is 23.6 Å². The lowest BCUT2D eigenvalue weighted by Crippen LogP contribution is -2.34. The molecule has 3 rings (SSSR count). The van der Waals surface area contributed by atoms with E-state index in [0.29, 0.717) is 6.54 Å². The molecule has 0 aliphatic carbocycles. The van der Waals surface area contributed by atoms with E-state index in [2.05, 4.69) is 10.6 Å². The van der Waals surface area contributed by atoms with E-state index in [0.717, 1.165) is 16.1 Å². The van der Waals surface area contributed by atoms with E-state index >= 15 is 0 Å². The van der Waals surface area contributed by atoms with Crippen LogP contribution in [0.1, 0.15) is 24.8 Å². The van der Waals surface area contributed by atoms with E-state index in [9.17, 15) is 14.4 Å². The lowest BCUT2D eigenvalue weighted by molar-refractivity contribution is -0.149. The molecule has 0 saturated carbocycles. The van der Waals surface area contributed by atoms with Crippen LogP contribution in [0, 0.1) is 0 Å². The monoisotopic (exact) mass is 398 g/mol. The number of carbonyl (C=O) groups excluding carboxylic acids is 3. The molecule has 1 aliphatic heterocycles. The fourth-order valence-electron chi connectivity index (χ4n) is 2.80. The van der Waals surface area contributed by atoms with Crippen LogP contribution in [-0.4, -0.2) is 36.2 Å². The maximum Gasteiger partial charge on any atom is 0.307 e. The number of benzene rings is 2. The summed E-state index contributed by atoms with van der Waals surface area (Å²) in [6, 6.07) is 17.3. The number of thioether (sulfide) groups is 1. The molecule has 2 aromatic carbocycles. The van der Waals surface area contributed by atoms with Crippen LogP contribution in [0.3, 0.4) is 0 Å². The molecule has 2 N–H and O–H groups in total. The van der Waals surface area contributed by atoms with Crippen molar-refractivity contribution in [2.75, 3.05) is 18.5 Å². The molecule has 0 spiro atoms. The Bertz CT molecular complexity index is 856. The summed E-state index contributed by atoms with van der Waals surface area (Å²) in [6.45, 7) is 2.12. The molecule has 1 aliphatic rings. The second-order valence-electron chi connectivity index (χ2n) is 6.57. The minimum atomic E-state index is -0.571. The Morgan fingerprint density at radius 3 is 2.64 bits per heavy atom. The third-order valence-electron chi connectivity index (χ3n) is 4.40. The Hall–Kier alpha value is -2.80. The van der Waals surface area contributed by atoms with E-state index in [4.69, 9.17) is 4.74 Å². The fourth-order valence-corrected chi connectivity index (χ4v) is 3.90. The highest BCUT2D eigenvalue weighted by Gasteiger charge is 2.29. The van der Waals surface area contributed by atoms with Crippen molar-refractivity contribution in [2.24, 2.45) is 0 Å². The smallest absolute Gasteiger partial charge is 0.307 e. The highest BCUT2D eigenvalue weighted by molar-refractivity contribution is 8.01. The van der Waals surface area contributed by atoms with Crippen molar-refractivity contribution in [3.05, 3.63) is 60.2 Å². The molecule has 0 radical (unpaired) electrons. The molecule has 1 heterocycles. The summed E-state index contributed by atoms with van der Waals surface area (Å²) in [6.07, 6.45) is -0.0848. The highest BCUT2D eigenvalue weighted by atomic mass is 32.2. The first-order valence-electron chi connectivity index (χ1n) is 9.06. The van der Waals surface area contributed by atoms with Gasteiger partial charge in [0, 0.05) is 11.4 Å². The zero-order valence-corrected chi connectivity index (χ0v) is 16.3. The summed E-state index contributed by atoms with van der Waals surface area (Å²) >= 11 is 1.33. The number of nitrogens with one attached hydrogen (secondary N) is 2. The summed E-state index contributed by atoms with van der Waals surface area (Å²) < 4.78 is 5.04.